The molecule has 2 nitrogen and oxygen atoms in total. The van der Waals surface area contributed by atoms with E-state index in [0.29, 0.717) is 0 Å². The highest BCUT2D eigenvalue weighted by Crippen LogP contribution is 2.19. The van der Waals surface area contributed by atoms with Crippen LogP contribution in [0.3, 0.4) is 0 Å². The van der Waals surface area contributed by atoms with Crippen molar-refractivity contribution >= 4 is 12.4 Å². The zero-order valence-corrected chi connectivity index (χ0v) is 6.01. The van der Waals surface area contributed by atoms with E-state index in [2.05, 4.69) is 9.98 Å². The molecule has 1 aromatic rings. The van der Waals surface area contributed by atoms with Gasteiger partial charge >= 0.3 is 0 Å². The van der Waals surface area contributed by atoms with Gasteiger partial charge in [-0.2, -0.15) is 0 Å². The number of hydrogen-bond acceptors (Lipinski definition) is 2. The van der Waals surface area contributed by atoms with E-state index in [0.717, 1.165) is 5.56 Å². The fourth-order valence-corrected chi connectivity index (χ4v) is 1.08. The Morgan fingerprint density at radius 2 is 1.55 bits per heavy atom. The molecule has 2 rings (SSSR count). The predicted octanol–water partition coefficient (Wildman–Crippen LogP) is 1.84. The summed E-state index contributed by atoms with van der Waals surface area (Å²) in [5.74, 6) is 0. The third kappa shape index (κ3) is 1.19. The average molecular weight is 144 g/mol. The average Bonchev–Trinajstić information content (AvgIpc) is 2.58. The van der Waals surface area contributed by atoms with Crippen LogP contribution in [0.1, 0.15) is 11.7 Å². The van der Waals surface area contributed by atoms with E-state index in [9.17, 15) is 0 Å². The highest BCUT2D eigenvalue weighted by atomic mass is 15.0. The predicted molar refractivity (Wildman–Crippen MR) is 46.2 cm³/mol. The number of rotatable bonds is 1. The molecule has 0 amide bonds. The van der Waals surface area contributed by atoms with Crippen molar-refractivity contribution in [2.45, 2.75) is 6.17 Å². The number of benzene rings is 1. The molecule has 1 aliphatic heterocycles. The van der Waals surface area contributed by atoms with Crippen molar-refractivity contribution in [2.24, 2.45) is 9.98 Å². The van der Waals surface area contributed by atoms with E-state index in [1.807, 2.05) is 30.3 Å². The minimum atomic E-state index is 0.0104. The van der Waals surface area contributed by atoms with Crippen LogP contribution in [-0.4, -0.2) is 12.4 Å². The number of nitrogens with zero attached hydrogens (tertiary/aromatic N) is 2. The molecule has 0 saturated heterocycles. The Morgan fingerprint density at radius 1 is 0.909 bits per heavy atom. The van der Waals surface area contributed by atoms with Crippen LogP contribution in [0, 0.1) is 0 Å². The summed E-state index contributed by atoms with van der Waals surface area (Å²) >= 11 is 0. The highest BCUT2D eigenvalue weighted by Gasteiger charge is 2.06. The Bertz CT molecular complexity index is 276. The maximum Gasteiger partial charge on any atom is 0.165 e. The fraction of sp³-hybridized carbons (Fsp3) is 0.111. The van der Waals surface area contributed by atoms with Crippen LogP contribution in [0.5, 0.6) is 0 Å². The zero-order valence-electron chi connectivity index (χ0n) is 6.01. The highest BCUT2D eigenvalue weighted by molar-refractivity contribution is 6.17. The molecular weight excluding hydrogens is 136 g/mol. The van der Waals surface area contributed by atoms with Crippen LogP contribution in [0.4, 0.5) is 0 Å². The minimum absolute atomic E-state index is 0.0104. The molecule has 0 fully saturated rings. The smallest absolute Gasteiger partial charge is 0.165 e. The molecule has 0 aliphatic carbocycles. The Morgan fingerprint density at radius 3 is 2.18 bits per heavy atom. The van der Waals surface area contributed by atoms with Crippen molar-refractivity contribution < 1.29 is 0 Å². The summed E-state index contributed by atoms with van der Waals surface area (Å²) in [6.07, 6.45) is 3.48. The van der Waals surface area contributed by atoms with Crippen molar-refractivity contribution in [2.75, 3.05) is 0 Å². The van der Waals surface area contributed by atoms with Crippen molar-refractivity contribution in [1.29, 1.82) is 0 Å². The lowest BCUT2D eigenvalue weighted by molar-refractivity contribution is 0.802. The van der Waals surface area contributed by atoms with Gasteiger partial charge in [-0.3, -0.25) is 9.98 Å². The summed E-state index contributed by atoms with van der Waals surface area (Å²) in [6, 6.07) is 10.1. The van der Waals surface area contributed by atoms with Gasteiger partial charge in [0.15, 0.2) is 6.17 Å². The Kier molecular flexibility index (Phi) is 1.52. The first kappa shape index (κ1) is 6.28. The lowest BCUT2D eigenvalue weighted by Crippen LogP contribution is -1.86. The third-order valence-electron chi connectivity index (χ3n) is 1.62. The Balaban J connectivity index is 2.30. The van der Waals surface area contributed by atoms with Crippen molar-refractivity contribution in [3.63, 3.8) is 0 Å². The van der Waals surface area contributed by atoms with E-state index < -0.39 is 0 Å². The summed E-state index contributed by atoms with van der Waals surface area (Å²) in [5, 5.41) is 0. The molecule has 0 unspecified atom stereocenters. The normalized spacial score (nSPS) is 16.0. The lowest BCUT2D eigenvalue weighted by atomic mass is 10.2. The van der Waals surface area contributed by atoms with Gasteiger partial charge in [0, 0.05) is 12.4 Å². The summed E-state index contributed by atoms with van der Waals surface area (Å²) in [7, 11) is 0. The Hall–Kier alpha value is -1.44. The molecule has 1 aliphatic rings. The fourth-order valence-electron chi connectivity index (χ4n) is 1.08. The monoisotopic (exact) mass is 144 g/mol. The van der Waals surface area contributed by atoms with Gasteiger partial charge in [0.2, 0.25) is 0 Å². The molecule has 0 N–H and O–H groups in total. The van der Waals surface area contributed by atoms with Gasteiger partial charge in [-0.15, -0.1) is 0 Å². The van der Waals surface area contributed by atoms with Gasteiger partial charge in [-0.25, -0.2) is 0 Å². The van der Waals surface area contributed by atoms with Crippen molar-refractivity contribution in [3.05, 3.63) is 35.9 Å². The molecule has 0 radical (unpaired) electrons. The van der Waals surface area contributed by atoms with Crippen LogP contribution in [0.25, 0.3) is 0 Å². The van der Waals surface area contributed by atoms with Crippen molar-refractivity contribution in [3.8, 4) is 0 Å². The van der Waals surface area contributed by atoms with Crippen LogP contribution < -0.4 is 0 Å². The summed E-state index contributed by atoms with van der Waals surface area (Å²) in [6.45, 7) is 0. The van der Waals surface area contributed by atoms with Crippen LogP contribution in [0.2, 0.25) is 0 Å². The van der Waals surface area contributed by atoms with E-state index in [1.165, 1.54) is 0 Å². The van der Waals surface area contributed by atoms with Gasteiger partial charge < -0.3 is 0 Å². The van der Waals surface area contributed by atoms with Crippen molar-refractivity contribution in [1.82, 2.24) is 0 Å². The molecule has 0 atom stereocenters. The van der Waals surface area contributed by atoms with E-state index in [1.54, 1.807) is 12.4 Å². The molecule has 0 saturated carbocycles. The standard InChI is InChI=1S/C9H8N2/c1-2-4-8(5-3-1)9-10-6-7-11-9/h1-7,9H. The van der Waals surface area contributed by atoms with Gasteiger partial charge in [0.05, 0.1) is 0 Å². The second-order valence-electron chi connectivity index (χ2n) is 2.38. The summed E-state index contributed by atoms with van der Waals surface area (Å²) in [4.78, 5) is 8.32. The lowest BCUT2D eigenvalue weighted by Gasteiger charge is -2.01. The van der Waals surface area contributed by atoms with Gasteiger partial charge in [-0.05, 0) is 5.56 Å². The summed E-state index contributed by atoms with van der Waals surface area (Å²) in [5.41, 5.74) is 1.15. The maximum atomic E-state index is 4.16. The van der Waals surface area contributed by atoms with E-state index in [-0.39, 0.29) is 6.17 Å². The molecular formula is C9H8N2. The van der Waals surface area contributed by atoms with Crippen LogP contribution in [-0.2, 0) is 0 Å². The zero-order chi connectivity index (χ0) is 7.52. The minimum Gasteiger partial charge on any atom is -0.260 e. The molecule has 0 bridgehead atoms. The van der Waals surface area contributed by atoms with Gasteiger partial charge in [0.1, 0.15) is 0 Å². The quantitative estimate of drug-likeness (QED) is 0.574. The number of hydrogen-bond donors (Lipinski definition) is 0. The van der Waals surface area contributed by atoms with Gasteiger partial charge in [0.25, 0.3) is 0 Å². The SMILES string of the molecule is C1=NC(c2ccccc2)N=C1. The molecule has 2 heteroatoms. The second kappa shape index (κ2) is 2.66. The first-order valence-electron chi connectivity index (χ1n) is 3.57. The van der Waals surface area contributed by atoms with E-state index >= 15 is 0 Å². The molecule has 1 heterocycles. The van der Waals surface area contributed by atoms with Crippen LogP contribution in [0.15, 0.2) is 40.3 Å². The Labute approximate surface area is 65.3 Å². The molecule has 0 spiro atoms. The molecule has 0 aromatic heterocycles. The maximum absolute atomic E-state index is 4.16. The summed E-state index contributed by atoms with van der Waals surface area (Å²) < 4.78 is 0. The molecule has 54 valence electrons. The second-order valence-corrected chi connectivity index (χ2v) is 2.38. The molecule has 1 aromatic carbocycles. The van der Waals surface area contributed by atoms with E-state index in [4.69, 9.17) is 0 Å². The first-order chi connectivity index (χ1) is 5.47. The first-order valence-corrected chi connectivity index (χ1v) is 3.57. The topological polar surface area (TPSA) is 24.7 Å². The van der Waals surface area contributed by atoms with Crippen LogP contribution >= 0.6 is 0 Å². The largest absolute Gasteiger partial charge is 0.260 e. The van der Waals surface area contributed by atoms with Gasteiger partial charge in [-0.1, -0.05) is 30.3 Å². The molecule has 11 heavy (non-hydrogen) atoms. The number of aliphatic imine (C=N–C) groups is 2. The third-order valence-corrected chi connectivity index (χ3v) is 1.62.